The maximum Gasteiger partial charge on any atom is 0.267 e. The molecule has 0 spiro atoms. The highest BCUT2D eigenvalue weighted by Crippen LogP contribution is 2.24. The fourth-order valence-corrected chi connectivity index (χ4v) is 4.61. The molecule has 8 nitrogen and oxygen atoms in total. The maximum atomic E-state index is 13.4. The highest BCUT2D eigenvalue weighted by Gasteiger charge is 2.27. The molecule has 1 N–H and O–H groups in total. The summed E-state index contributed by atoms with van der Waals surface area (Å²) in [4.78, 5) is 33.0. The van der Waals surface area contributed by atoms with E-state index in [0.717, 1.165) is 25.7 Å². The molecule has 168 valence electrons. The minimum atomic E-state index is -0.438. The van der Waals surface area contributed by atoms with Gasteiger partial charge in [-0.05, 0) is 44.9 Å². The third-order valence-corrected chi connectivity index (χ3v) is 6.06. The predicted octanol–water partition coefficient (Wildman–Crippen LogP) is 2.66. The Balaban J connectivity index is 1.77. The molecule has 4 rings (SSSR count). The summed E-state index contributed by atoms with van der Waals surface area (Å²) in [6.07, 6.45) is 8.13. The van der Waals surface area contributed by atoms with Crippen LogP contribution in [0.25, 0.3) is 11.7 Å². The molecule has 0 radical (unpaired) electrons. The molecule has 1 amide bonds. The number of hydrogen-bond donors (Lipinski definition) is 1. The van der Waals surface area contributed by atoms with Crippen LogP contribution in [0.15, 0.2) is 34.8 Å². The van der Waals surface area contributed by atoms with Gasteiger partial charge in [0.1, 0.15) is 23.1 Å². The molecule has 2 aliphatic rings. The van der Waals surface area contributed by atoms with Crippen molar-refractivity contribution in [3.63, 3.8) is 0 Å². The van der Waals surface area contributed by atoms with E-state index >= 15 is 0 Å². The smallest absolute Gasteiger partial charge is 0.267 e. The van der Waals surface area contributed by atoms with Gasteiger partial charge in [0.25, 0.3) is 11.5 Å². The van der Waals surface area contributed by atoms with Crippen LogP contribution >= 0.6 is 0 Å². The minimum absolute atomic E-state index is 0.0309. The zero-order valence-electron chi connectivity index (χ0n) is 18.6. The first-order valence-corrected chi connectivity index (χ1v) is 11.3. The number of fused-ring (bicyclic) bond motifs is 1. The summed E-state index contributed by atoms with van der Waals surface area (Å²) in [5.74, 6) is 0.0352. The number of hydrogen-bond acceptors (Lipinski definition) is 6. The Kier molecular flexibility index (Phi) is 6.56. The number of anilines is 1. The van der Waals surface area contributed by atoms with Crippen LogP contribution in [0.3, 0.4) is 0 Å². The largest absolute Gasteiger partial charge is 0.372 e. The van der Waals surface area contributed by atoms with Gasteiger partial charge in [0.05, 0.1) is 17.8 Å². The first-order valence-electron chi connectivity index (χ1n) is 11.3. The summed E-state index contributed by atoms with van der Waals surface area (Å²) in [5, 5.41) is 12.7. The molecule has 2 aromatic heterocycles. The minimum Gasteiger partial charge on any atom is -0.372 e. The third-order valence-electron chi connectivity index (χ3n) is 6.06. The SMILES string of the molecule is CC1CN(c2nc3ccccn3c(=O)c2/C=C(\C#N)C(=O)NC2CCCCC2)CC(C)O1. The molecule has 1 aliphatic heterocycles. The van der Waals surface area contributed by atoms with E-state index in [1.165, 1.54) is 16.9 Å². The van der Waals surface area contributed by atoms with Crippen LogP contribution in [0.2, 0.25) is 0 Å². The number of pyridine rings is 1. The summed E-state index contributed by atoms with van der Waals surface area (Å²) < 4.78 is 7.28. The number of nitriles is 1. The Hall–Kier alpha value is -3.18. The summed E-state index contributed by atoms with van der Waals surface area (Å²) in [7, 11) is 0. The second-order valence-electron chi connectivity index (χ2n) is 8.72. The molecule has 1 saturated heterocycles. The number of nitrogens with one attached hydrogen (secondary N) is 1. The number of nitrogens with zero attached hydrogens (tertiary/aromatic N) is 4. The number of morpholine rings is 1. The molecule has 3 heterocycles. The Labute approximate surface area is 187 Å². The number of aromatic nitrogens is 2. The molecule has 2 fully saturated rings. The van der Waals surface area contributed by atoms with E-state index in [0.29, 0.717) is 24.6 Å². The van der Waals surface area contributed by atoms with Gasteiger partial charge in [0.2, 0.25) is 0 Å². The molecular formula is C24H29N5O3. The van der Waals surface area contributed by atoms with Crippen molar-refractivity contribution in [2.24, 2.45) is 0 Å². The molecule has 2 unspecified atom stereocenters. The van der Waals surface area contributed by atoms with Crippen molar-refractivity contribution in [3.05, 3.63) is 45.9 Å². The van der Waals surface area contributed by atoms with Gasteiger partial charge in [-0.2, -0.15) is 5.26 Å². The van der Waals surface area contributed by atoms with E-state index in [4.69, 9.17) is 9.72 Å². The van der Waals surface area contributed by atoms with Crippen LogP contribution in [0.4, 0.5) is 5.82 Å². The Morgan fingerprint density at radius 3 is 2.62 bits per heavy atom. The quantitative estimate of drug-likeness (QED) is 0.585. The molecular weight excluding hydrogens is 406 g/mol. The number of amides is 1. The zero-order valence-corrected chi connectivity index (χ0v) is 18.6. The van der Waals surface area contributed by atoms with Crippen molar-refractivity contribution in [1.82, 2.24) is 14.7 Å². The second-order valence-corrected chi connectivity index (χ2v) is 8.72. The number of ether oxygens (including phenoxy) is 1. The Morgan fingerprint density at radius 1 is 1.22 bits per heavy atom. The van der Waals surface area contributed by atoms with E-state index in [2.05, 4.69) is 5.32 Å². The van der Waals surface area contributed by atoms with Crippen molar-refractivity contribution in [1.29, 1.82) is 5.26 Å². The molecule has 0 aromatic carbocycles. The van der Waals surface area contributed by atoms with Crippen LogP contribution < -0.4 is 15.8 Å². The highest BCUT2D eigenvalue weighted by atomic mass is 16.5. The van der Waals surface area contributed by atoms with E-state index in [9.17, 15) is 14.9 Å². The van der Waals surface area contributed by atoms with Crippen LogP contribution in [0, 0.1) is 11.3 Å². The summed E-state index contributed by atoms with van der Waals surface area (Å²) in [5.41, 5.74) is 0.364. The lowest BCUT2D eigenvalue weighted by atomic mass is 9.95. The first kappa shape index (κ1) is 22.0. The fourth-order valence-electron chi connectivity index (χ4n) is 4.61. The van der Waals surface area contributed by atoms with E-state index in [-0.39, 0.29) is 34.9 Å². The summed E-state index contributed by atoms with van der Waals surface area (Å²) in [6.45, 7) is 5.09. The van der Waals surface area contributed by atoms with Gasteiger partial charge in [-0.3, -0.25) is 14.0 Å². The standard InChI is InChI=1S/C24H29N5O3/c1-16-14-28(15-17(2)32-16)22-20(24(31)29-11-7-6-10-21(29)27-22)12-18(13-25)23(30)26-19-8-4-3-5-9-19/h6-7,10-12,16-17,19H,3-5,8-9,14-15H2,1-2H3,(H,26,30)/b18-12+. The van der Waals surface area contributed by atoms with E-state index < -0.39 is 5.91 Å². The summed E-state index contributed by atoms with van der Waals surface area (Å²) in [6, 6.07) is 7.41. The third kappa shape index (κ3) is 4.68. The molecule has 2 aromatic rings. The van der Waals surface area contributed by atoms with Crippen LogP contribution in [0.1, 0.15) is 51.5 Å². The maximum absolute atomic E-state index is 13.4. The van der Waals surface area contributed by atoms with Gasteiger partial charge in [0.15, 0.2) is 0 Å². The summed E-state index contributed by atoms with van der Waals surface area (Å²) >= 11 is 0. The van der Waals surface area contributed by atoms with Gasteiger partial charge in [-0.1, -0.05) is 25.3 Å². The van der Waals surface area contributed by atoms with Crippen molar-refractivity contribution in [3.8, 4) is 6.07 Å². The van der Waals surface area contributed by atoms with E-state index in [1.54, 1.807) is 18.3 Å². The van der Waals surface area contributed by atoms with Crippen molar-refractivity contribution >= 4 is 23.4 Å². The van der Waals surface area contributed by atoms with Crippen LogP contribution in [-0.4, -0.2) is 46.6 Å². The number of rotatable bonds is 4. The number of carbonyl (C=O) groups excluding carboxylic acids is 1. The van der Waals surface area contributed by atoms with Crippen molar-refractivity contribution in [2.75, 3.05) is 18.0 Å². The highest BCUT2D eigenvalue weighted by molar-refractivity contribution is 6.02. The molecule has 1 aliphatic carbocycles. The molecule has 0 bridgehead atoms. The van der Waals surface area contributed by atoms with Gasteiger partial charge >= 0.3 is 0 Å². The normalized spacial score (nSPS) is 22.5. The van der Waals surface area contributed by atoms with Crippen LogP contribution in [-0.2, 0) is 9.53 Å². The molecule has 1 saturated carbocycles. The lowest BCUT2D eigenvalue weighted by Gasteiger charge is -2.36. The second kappa shape index (κ2) is 9.53. The van der Waals surface area contributed by atoms with Crippen molar-refractivity contribution in [2.45, 2.75) is 64.2 Å². The monoisotopic (exact) mass is 435 g/mol. The molecule has 8 heteroatoms. The number of carbonyl (C=O) groups is 1. The molecule has 32 heavy (non-hydrogen) atoms. The fraction of sp³-hybridized carbons (Fsp3) is 0.500. The van der Waals surface area contributed by atoms with Gasteiger partial charge in [-0.25, -0.2) is 4.98 Å². The van der Waals surface area contributed by atoms with Crippen LogP contribution in [0.5, 0.6) is 0 Å². The average molecular weight is 436 g/mol. The molecule has 2 atom stereocenters. The zero-order chi connectivity index (χ0) is 22.7. The van der Waals surface area contributed by atoms with E-state index in [1.807, 2.05) is 30.9 Å². The first-order chi connectivity index (χ1) is 15.5. The lowest BCUT2D eigenvalue weighted by molar-refractivity contribution is -0.117. The predicted molar refractivity (Wildman–Crippen MR) is 122 cm³/mol. The lowest BCUT2D eigenvalue weighted by Crippen LogP contribution is -2.46. The van der Waals surface area contributed by atoms with Crippen molar-refractivity contribution < 1.29 is 9.53 Å². The Morgan fingerprint density at radius 2 is 1.94 bits per heavy atom. The average Bonchev–Trinajstić information content (AvgIpc) is 2.78. The van der Waals surface area contributed by atoms with Gasteiger partial charge in [0, 0.05) is 25.3 Å². The Bertz CT molecular complexity index is 1120. The van der Waals surface area contributed by atoms with Gasteiger partial charge in [-0.15, -0.1) is 0 Å². The topological polar surface area (TPSA) is 99.7 Å². The van der Waals surface area contributed by atoms with Gasteiger partial charge < -0.3 is 15.0 Å².